The summed E-state index contributed by atoms with van der Waals surface area (Å²) in [6, 6.07) is 6.71. The number of carbonyl (C=O) groups is 1. The van der Waals surface area contributed by atoms with E-state index >= 15 is 0 Å². The van der Waals surface area contributed by atoms with Gasteiger partial charge in [-0.05, 0) is 43.0 Å². The van der Waals surface area contributed by atoms with Crippen LogP contribution in [-0.4, -0.2) is 29.6 Å². The third-order valence-corrected chi connectivity index (χ3v) is 5.52. The molecule has 1 aliphatic carbocycles. The number of amides is 1. The number of rotatable bonds is 5. The maximum Gasteiger partial charge on any atom is 0.264 e. The monoisotopic (exact) mass is 333 g/mol. The van der Waals surface area contributed by atoms with Crippen LogP contribution in [0, 0.1) is 5.92 Å². The van der Waals surface area contributed by atoms with Gasteiger partial charge in [0.2, 0.25) is 10.0 Å². The second-order valence-electron chi connectivity index (χ2n) is 5.88. The molecule has 1 heterocycles. The van der Waals surface area contributed by atoms with Gasteiger partial charge >= 0.3 is 0 Å². The Morgan fingerprint density at radius 1 is 1.22 bits per heavy atom. The second kappa shape index (κ2) is 6.54. The number of nitrogens with zero attached hydrogens (tertiary/aromatic N) is 2. The fourth-order valence-corrected chi connectivity index (χ4v) is 4.36. The second-order valence-corrected chi connectivity index (χ2v) is 7.65. The van der Waals surface area contributed by atoms with Crippen LogP contribution >= 0.6 is 0 Å². The number of benzene rings is 1. The van der Waals surface area contributed by atoms with Gasteiger partial charge in [-0.15, -0.1) is 0 Å². The maximum absolute atomic E-state index is 12.1. The van der Waals surface area contributed by atoms with E-state index in [1.54, 1.807) is 47.6 Å². The van der Waals surface area contributed by atoms with Crippen molar-refractivity contribution in [1.82, 2.24) is 14.3 Å². The van der Waals surface area contributed by atoms with Crippen LogP contribution in [0.1, 0.15) is 36.0 Å². The Kier molecular flexibility index (Phi) is 4.47. The lowest BCUT2D eigenvalue weighted by atomic mass is 10.1. The van der Waals surface area contributed by atoms with Crippen LogP contribution in [0.5, 0.6) is 0 Å². The minimum absolute atomic E-state index is 0.0336. The van der Waals surface area contributed by atoms with Crippen molar-refractivity contribution in [2.24, 2.45) is 5.92 Å². The number of carbonyl (C=O) groups excluding carboxylic acids is 1. The van der Waals surface area contributed by atoms with Gasteiger partial charge in [0.15, 0.2) is 0 Å². The molecule has 0 aliphatic heterocycles. The first-order valence-electron chi connectivity index (χ1n) is 7.67. The lowest BCUT2D eigenvalue weighted by Crippen LogP contribution is -2.34. The van der Waals surface area contributed by atoms with E-state index in [0.717, 1.165) is 31.4 Å². The molecular formula is C16H19N3O3S. The predicted molar refractivity (Wildman–Crippen MR) is 86.8 cm³/mol. The third kappa shape index (κ3) is 3.98. The van der Waals surface area contributed by atoms with Crippen molar-refractivity contribution in [2.75, 3.05) is 5.75 Å². The summed E-state index contributed by atoms with van der Waals surface area (Å²) < 4.78 is 28.1. The molecule has 2 aromatic rings. The van der Waals surface area contributed by atoms with Gasteiger partial charge in [-0.3, -0.25) is 4.79 Å². The van der Waals surface area contributed by atoms with E-state index < -0.39 is 15.9 Å². The standard InChI is InChI=1S/C16H19N3O3S/c20-16(18-23(21,22)11-13-3-1-2-4-13)14-5-7-15(8-6-14)19-10-9-17-12-19/h5-10,12-13H,1-4,11H2,(H,18,20). The largest absolute Gasteiger partial charge is 0.306 e. The molecule has 122 valence electrons. The van der Waals surface area contributed by atoms with Gasteiger partial charge in [-0.2, -0.15) is 0 Å². The van der Waals surface area contributed by atoms with Crippen LogP contribution in [0.25, 0.3) is 5.69 Å². The van der Waals surface area contributed by atoms with Gasteiger partial charge in [0, 0.05) is 23.6 Å². The first-order valence-corrected chi connectivity index (χ1v) is 9.32. The van der Waals surface area contributed by atoms with Crippen molar-refractivity contribution in [3.8, 4) is 5.69 Å². The number of imidazole rings is 1. The molecule has 0 unspecified atom stereocenters. The van der Waals surface area contributed by atoms with E-state index in [0.29, 0.717) is 5.56 Å². The van der Waals surface area contributed by atoms with Crippen molar-refractivity contribution in [2.45, 2.75) is 25.7 Å². The number of sulfonamides is 1. The van der Waals surface area contributed by atoms with Crippen LogP contribution in [0.15, 0.2) is 43.0 Å². The molecule has 1 fully saturated rings. The van der Waals surface area contributed by atoms with Gasteiger partial charge in [0.25, 0.3) is 5.91 Å². The van der Waals surface area contributed by atoms with E-state index in [2.05, 4.69) is 9.71 Å². The summed E-state index contributed by atoms with van der Waals surface area (Å²) in [5, 5.41) is 0. The molecule has 1 aromatic heterocycles. The highest BCUT2D eigenvalue weighted by molar-refractivity contribution is 7.90. The Labute approximate surface area is 135 Å². The van der Waals surface area contributed by atoms with Gasteiger partial charge in [-0.25, -0.2) is 18.1 Å². The van der Waals surface area contributed by atoms with E-state index in [1.807, 2.05) is 0 Å². The highest BCUT2D eigenvalue weighted by Gasteiger charge is 2.24. The molecule has 0 radical (unpaired) electrons. The van der Waals surface area contributed by atoms with Crippen molar-refractivity contribution < 1.29 is 13.2 Å². The Balaban J connectivity index is 1.65. The molecule has 6 nitrogen and oxygen atoms in total. The Morgan fingerprint density at radius 2 is 1.91 bits per heavy atom. The summed E-state index contributed by atoms with van der Waals surface area (Å²) in [5.41, 5.74) is 1.18. The summed E-state index contributed by atoms with van der Waals surface area (Å²) in [6.07, 6.45) is 9.11. The first kappa shape index (κ1) is 15.7. The maximum atomic E-state index is 12.1. The summed E-state index contributed by atoms with van der Waals surface area (Å²) in [6.45, 7) is 0. The van der Waals surface area contributed by atoms with E-state index in [9.17, 15) is 13.2 Å². The van der Waals surface area contributed by atoms with Crippen molar-refractivity contribution in [3.05, 3.63) is 48.5 Å². The lowest BCUT2D eigenvalue weighted by Gasteiger charge is -2.11. The van der Waals surface area contributed by atoms with E-state index in [1.165, 1.54) is 0 Å². The van der Waals surface area contributed by atoms with Crippen molar-refractivity contribution in [3.63, 3.8) is 0 Å². The van der Waals surface area contributed by atoms with Crippen LogP contribution in [0.2, 0.25) is 0 Å². The highest BCUT2D eigenvalue weighted by Crippen LogP contribution is 2.25. The van der Waals surface area contributed by atoms with Crippen LogP contribution in [0.4, 0.5) is 0 Å². The topological polar surface area (TPSA) is 81.1 Å². The predicted octanol–water partition coefficient (Wildman–Crippen LogP) is 2.12. The lowest BCUT2D eigenvalue weighted by molar-refractivity contribution is 0.0981. The minimum atomic E-state index is -3.58. The molecule has 1 aliphatic rings. The van der Waals surface area contributed by atoms with E-state index in [4.69, 9.17) is 0 Å². The van der Waals surface area contributed by atoms with Gasteiger partial charge in [0.05, 0.1) is 12.1 Å². The molecule has 7 heteroatoms. The summed E-state index contributed by atoms with van der Waals surface area (Å²) in [4.78, 5) is 16.1. The summed E-state index contributed by atoms with van der Waals surface area (Å²) in [5.74, 6) is -0.379. The zero-order valence-corrected chi connectivity index (χ0v) is 13.5. The normalized spacial score (nSPS) is 15.7. The molecule has 0 spiro atoms. The Morgan fingerprint density at radius 3 is 2.52 bits per heavy atom. The van der Waals surface area contributed by atoms with Gasteiger partial charge < -0.3 is 4.57 Å². The summed E-state index contributed by atoms with van der Waals surface area (Å²) in [7, 11) is -3.58. The van der Waals surface area contributed by atoms with Crippen LogP contribution < -0.4 is 4.72 Å². The molecule has 0 atom stereocenters. The molecule has 1 saturated carbocycles. The van der Waals surface area contributed by atoms with Crippen LogP contribution in [0.3, 0.4) is 0 Å². The quantitative estimate of drug-likeness (QED) is 0.909. The van der Waals surface area contributed by atoms with Gasteiger partial charge in [-0.1, -0.05) is 12.8 Å². The van der Waals surface area contributed by atoms with Gasteiger partial charge in [0.1, 0.15) is 0 Å². The fourth-order valence-electron chi connectivity index (χ4n) is 2.93. The number of hydrogen-bond acceptors (Lipinski definition) is 4. The highest BCUT2D eigenvalue weighted by atomic mass is 32.2. The average molecular weight is 333 g/mol. The summed E-state index contributed by atoms with van der Waals surface area (Å²) >= 11 is 0. The number of nitrogens with one attached hydrogen (secondary N) is 1. The fraction of sp³-hybridized carbons (Fsp3) is 0.375. The Bertz CT molecular complexity index is 761. The molecule has 23 heavy (non-hydrogen) atoms. The van der Waals surface area contributed by atoms with Crippen molar-refractivity contribution >= 4 is 15.9 Å². The molecule has 1 amide bonds. The molecular weight excluding hydrogens is 314 g/mol. The van der Waals surface area contributed by atoms with E-state index in [-0.39, 0.29) is 11.7 Å². The molecule has 0 saturated heterocycles. The Hall–Kier alpha value is -2.15. The third-order valence-electron chi connectivity index (χ3n) is 4.11. The molecule has 0 bridgehead atoms. The minimum Gasteiger partial charge on any atom is -0.306 e. The average Bonchev–Trinajstić information content (AvgIpc) is 3.19. The number of aromatic nitrogens is 2. The SMILES string of the molecule is O=C(NS(=O)(=O)CC1CCCC1)c1ccc(-n2ccnc2)cc1. The molecule has 1 N–H and O–H groups in total. The number of hydrogen-bond donors (Lipinski definition) is 1. The van der Waals surface area contributed by atoms with Crippen molar-refractivity contribution in [1.29, 1.82) is 0 Å². The smallest absolute Gasteiger partial charge is 0.264 e. The zero-order chi connectivity index (χ0) is 16.3. The molecule has 1 aromatic carbocycles. The zero-order valence-electron chi connectivity index (χ0n) is 12.7. The first-order chi connectivity index (χ1) is 11.0. The molecule has 3 rings (SSSR count). The van der Waals surface area contributed by atoms with Crippen LogP contribution in [-0.2, 0) is 10.0 Å².